The first-order valence-electron chi connectivity index (χ1n) is 7.66. The fraction of sp³-hybridized carbons (Fsp3) is 0.375. The molecule has 0 bridgehead atoms. The molecule has 1 aliphatic carbocycles. The largest absolute Gasteiger partial charge is 0.417 e. The van der Waals surface area contributed by atoms with Crippen LogP contribution in [0.25, 0.3) is 0 Å². The molecule has 6 nitrogen and oxygen atoms in total. The summed E-state index contributed by atoms with van der Waals surface area (Å²) < 4.78 is 70.5. The number of hydrogen-bond acceptors (Lipinski definition) is 5. The number of rotatable bonds is 5. The second-order valence-electron chi connectivity index (χ2n) is 6.20. The van der Waals surface area contributed by atoms with E-state index in [9.17, 15) is 26.4 Å². The van der Waals surface area contributed by atoms with Crippen LogP contribution in [0.2, 0.25) is 0 Å². The van der Waals surface area contributed by atoms with Crippen molar-refractivity contribution < 1.29 is 30.9 Å². The fourth-order valence-corrected chi connectivity index (χ4v) is 3.46. The van der Waals surface area contributed by atoms with E-state index in [4.69, 9.17) is 4.52 Å². The molecule has 0 unspecified atom stereocenters. The van der Waals surface area contributed by atoms with Gasteiger partial charge in [0.15, 0.2) is 11.5 Å². The lowest BCUT2D eigenvalue weighted by atomic mass is 9.97. The number of carbonyl (C=O) groups is 1. The minimum atomic E-state index is -4.90. The van der Waals surface area contributed by atoms with E-state index in [0.29, 0.717) is 6.07 Å². The predicted octanol–water partition coefficient (Wildman–Crippen LogP) is 3.05. The summed E-state index contributed by atoms with van der Waals surface area (Å²) in [6.45, 7) is 0. The summed E-state index contributed by atoms with van der Waals surface area (Å²) >= 11 is 0. The van der Waals surface area contributed by atoms with Crippen LogP contribution in [0.15, 0.2) is 33.8 Å². The van der Waals surface area contributed by atoms with Gasteiger partial charge in [0.2, 0.25) is 10.0 Å². The molecule has 0 amide bonds. The first kappa shape index (κ1) is 18.6. The molecule has 3 rings (SSSR count). The van der Waals surface area contributed by atoms with Gasteiger partial charge in [-0.1, -0.05) is 5.16 Å². The lowest BCUT2D eigenvalue weighted by Crippen LogP contribution is -2.23. The van der Waals surface area contributed by atoms with Gasteiger partial charge in [-0.2, -0.15) is 13.2 Å². The molecule has 1 saturated carbocycles. The second kappa shape index (κ2) is 6.20. The van der Waals surface area contributed by atoms with E-state index < -0.39 is 38.0 Å². The number of nitrogens with zero attached hydrogens (tertiary/aromatic N) is 2. The van der Waals surface area contributed by atoms with Gasteiger partial charge in [0, 0.05) is 25.6 Å². The van der Waals surface area contributed by atoms with E-state index in [1.807, 2.05) is 0 Å². The predicted molar refractivity (Wildman–Crippen MR) is 84.2 cm³/mol. The van der Waals surface area contributed by atoms with Crippen LogP contribution >= 0.6 is 0 Å². The third kappa shape index (κ3) is 3.26. The molecule has 2 aromatic rings. The molecule has 0 N–H and O–H groups in total. The fourth-order valence-electron chi connectivity index (χ4n) is 2.53. The number of ketones is 1. The Hall–Kier alpha value is -2.20. The summed E-state index contributed by atoms with van der Waals surface area (Å²) in [5.41, 5.74) is -1.98. The number of halogens is 3. The number of alkyl halides is 3. The molecule has 0 saturated heterocycles. The summed E-state index contributed by atoms with van der Waals surface area (Å²) in [5, 5.41) is 3.52. The van der Waals surface area contributed by atoms with Gasteiger partial charge in [0.1, 0.15) is 0 Å². The summed E-state index contributed by atoms with van der Waals surface area (Å²) in [6, 6.07) is 2.35. The summed E-state index contributed by atoms with van der Waals surface area (Å²) in [7, 11) is -1.66. The summed E-state index contributed by atoms with van der Waals surface area (Å²) in [4.78, 5) is 12.1. The molecule has 1 aromatic heterocycles. The standard InChI is InChI=1S/C16H15F3N2O4S/c1-21(2)26(23,24)10-5-6-11(13(7-10)16(17,18)19)14(22)12-8-20-25-15(12)9-3-4-9/h5-9H,3-4H2,1-2H3. The molecule has 0 aliphatic heterocycles. The molecule has 1 fully saturated rings. The maximum absolute atomic E-state index is 13.5. The lowest BCUT2D eigenvalue weighted by molar-refractivity contribution is -0.138. The normalized spacial score (nSPS) is 15.5. The monoisotopic (exact) mass is 388 g/mol. The molecule has 1 aliphatic rings. The maximum Gasteiger partial charge on any atom is 0.417 e. The van der Waals surface area contributed by atoms with Gasteiger partial charge in [-0.05, 0) is 31.0 Å². The highest BCUT2D eigenvalue weighted by molar-refractivity contribution is 7.89. The van der Waals surface area contributed by atoms with Crippen LogP contribution in [-0.4, -0.2) is 37.8 Å². The van der Waals surface area contributed by atoms with Gasteiger partial charge >= 0.3 is 6.18 Å². The highest BCUT2D eigenvalue weighted by atomic mass is 32.2. The van der Waals surface area contributed by atoms with Crippen molar-refractivity contribution in [3.05, 3.63) is 46.8 Å². The van der Waals surface area contributed by atoms with Crippen LogP contribution in [0.1, 0.15) is 46.0 Å². The van der Waals surface area contributed by atoms with Gasteiger partial charge in [-0.25, -0.2) is 12.7 Å². The average Bonchev–Trinajstić information content (AvgIpc) is 3.29. The van der Waals surface area contributed by atoms with E-state index in [1.165, 1.54) is 14.1 Å². The van der Waals surface area contributed by atoms with E-state index in [0.717, 1.165) is 35.5 Å². The third-order valence-electron chi connectivity index (χ3n) is 4.11. The van der Waals surface area contributed by atoms with Crippen LogP contribution in [0.4, 0.5) is 13.2 Å². The van der Waals surface area contributed by atoms with Gasteiger partial charge < -0.3 is 4.52 Å². The van der Waals surface area contributed by atoms with Crippen molar-refractivity contribution in [2.45, 2.75) is 29.8 Å². The third-order valence-corrected chi connectivity index (χ3v) is 5.92. The Balaban J connectivity index is 2.12. The number of sulfonamides is 1. The zero-order valence-corrected chi connectivity index (χ0v) is 14.7. The smallest absolute Gasteiger partial charge is 0.360 e. The van der Waals surface area contributed by atoms with Gasteiger partial charge in [0.05, 0.1) is 22.2 Å². The Morgan fingerprint density at radius 3 is 2.42 bits per heavy atom. The molecular formula is C16H15F3N2O4S. The maximum atomic E-state index is 13.5. The first-order valence-corrected chi connectivity index (χ1v) is 9.10. The lowest BCUT2D eigenvalue weighted by Gasteiger charge is -2.16. The molecule has 0 spiro atoms. The topological polar surface area (TPSA) is 80.5 Å². The highest BCUT2D eigenvalue weighted by Gasteiger charge is 2.39. The zero-order valence-electron chi connectivity index (χ0n) is 13.9. The Labute approximate surface area is 147 Å². The van der Waals surface area contributed by atoms with Crippen molar-refractivity contribution in [1.29, 1.82) is 0 Å². The number of carbonyl (C=O) groups excluding carboxylic acids is 1. The van der Waals surface area contributed by atoms with Crippen molar-refractivity contribution in [3.8, 4) is 0 Å². The minimum absolute atomic E-state index is 0.0146. The quantitative estimate of drug-likeness (QED) is 0.736. The molecule has 26 heavy (non-hydrogen) atoms. The molecular weight excluding hydrogens is 373 g/mol. The van der Waals surface area contributed by atoms with E-state index in [2.05, 4.69) is 5.16 Å². The molecule has 0 atom stereocenters. The molecule has 0 radical (unpaired) electrons. The van der Waals surface area contributed by atoms with Crippen molar-refractivity contribution in [1.82, 2.24) is 9.46 Å². The molecule has 1 aromatic carbocycles. The van der Waals surface area contributed by atoms with Gasteiger partial charge in [0.25, 0.3) is 0 Å². The van der Waals surface area contributed by atoms with Crippen molar-refractivity contribution in [2.75, 3.05) is 14.1 Å². The van der Waals surface area contributed by atoms with Gasteiger partial charge in [-0.15, -0.1) is 0 Å². The molecule has 1 heterocycles. The average molecular weight is 388 g/mol. The van der Waals surface area contributed by atoms with E-state index in [1.54, 1.807) is 0 Å². The van der Waals surface area contributed by atoms with Crippen molar-refractivity contribution >= 4 is 15.8 Å². The summed E-state index contributed by atoms with van der Waals surface area (Å²) in [6.07, 6.45) is -2.25. The Bertz CT molecular complexity index is 960. The van der Waals surface area contributed by atoms with E-state index in [-0.39, 0.29) is 17.2 Å². The first-order chi connectivity index (χ1) is 12.0. The molecule has 10 heteroatoms. The van der Waals surface area contributed by atoms with Crippen LogP contribution in [0.5, 0.6) is 0 Å². The minimum Gasteiger partial charge on any atom is -0.360 e. The Morgan fingerprint density at radius 1 is 1.23 bits per heavy atom. The SMILES string of the molecule is CN(C)S(=O)(=O)c1ccc(C(=O)c2cnoc2C2CC2)c(C(F)(F)F)c1. The van der Waals surface area contributed by atoms with Crippen molar-refractivity contribution in [3.63, 3.8) is 0 Å². The molecule has 140 valence electrons. The van der Waals surface area contributed by atoms with Crippen molar-refractivity contribution in [2.24, 2.45) is 0 Å². The highest BCUT2D eigenvalue weighted by Crippen LogP contribution is 2.43. The Morgan fingerprint density at radius 2 is 1.88 bits per heavy atom. The van der Waals surface area contributed by atoms with E-state index >= 15 is 0 Å². The second-order valence-corrected chi connectivity index (χ2v) is 8.35. The zero-order chi connectivity index (χ0) is 19.3. The van der Waals surface area contributed by atoms with Gasteiger partial charge in [-0.3, -0.25) is 4.79 Å². The van der Waals surface area contributed by atoms with Crippen LogP contribution in [0.3, 0.4) is 0 Å². The number of hydrogen-bond donors (Lipinski definition) is 0. The van der Waals surface area contributed by atoms with Crippen LogP contribution in [0, 0.1) is 0 Å². The van der Waals surface area contributed by atoms with Crippen LogP contribution in [-0.2, 0) is 16.2 Å². The number of aromatic nitrogens is 1. The van der Waals surface area contributed by atoms with Crippen LogP contribution < -0.4 is 0 Å². The Kier molecular flexibility index (Phi) is 4.43. The number of benzene rings is 1. The summed E-state index contributed by atoms with van der Waals surface area (Å²) in [5.74, 6) is -0.637.